The first kappa shape index (κ1) is 18.3. The number of amides is 2. The maximum Gasteiger partial charge on any atom is 0.407 e. The van der Waals surface area contributed by atoms with Crippen LogP contribution >= 0.6 is 0 Å². The molecule has 3 aliphatic rings. The van der Waals surface area contributed by atoms with E-state index in [0.717, 1.165) is 32.4 Å². The summed E-state index contributed by atoms with van der Waals surface area (Å²) < 4.78 is 4.61. The van der Waals surface area contributed by atoms with Crippen LogP contribution in [0, 0.1) is 23.7 Å². The van der Waals surface area contributed by atoms with Crippen LogP contribution in [0.4, 0.5) is 4.79 Å². The summed E-state index contributed by atoms with van der Waals surface area (Å²) in [7, 11) is 1.36. The molecule has 3 fully saturated rings. The molecule has 5 heteroatoms. The van der Waals surface area contributed by atoms with Gasteiger partial charge in [-0.15, -0.1) is 0 Å². The summed E-state index contributed by atoms with van der Waals surface area (Å²) in [6.07, 6.45) is 2.19. The van der Waals surface area contributed by atoms with Crippen molar-refractivity contribution in [2.45, 2.75) is 45.1 Å². The summed E-state index contributed by atoms with van der Waals surface area (Å²) in [5, 5.41) is 2.77. The van der Waals surface area contributed by atoms with Crippen LogP contribution in [-0.4, -0.2) is 43.1 Å². The van der Waals surface area contributed by atoms with Crippen molar-refractivity contribution in [2.75, 3.05) is 20.2 Å². The summed E-state index contributed by atoms with van der Waals surface area (Å²) in [4.78, 5) is 26.0. The quantitative estimate of drug-likeness (QED) is 0.866. The number of methoxy groups -OCH3 is 1. The Balaban J connectivity index is 1.27. The van der Waals surface area contributed by atoms with Crippen LogP contribution < -0.4 is 5.32 Å². The first-order valence-corrected chi connectivity index (χ1v) is 10.2. The van der Waals surface area contributed by atoms with Gasteiger partial charge in [0.2, 0.25) is 5.91 Å². The fourth-order valence-corrected chi connectivity index (χ4v) is 5.02. The molecule has 1 saturated heterocycles. The number of fused-ring (bicyclic) bond motifs is 1. The van der Waals surface area contributed by atoms with Gasteiger partial charge in [0.25, 0.3) is 0 Å². The topological polar surface area (TPSA) is 58.6 Å². The number of nitrogens with zero attached hydrogens (tertiary/aromatic N) is 1. The second kappa shape index (κ2) is 7.17. The molecule has 0 spiro atoms. The second-order valence-corrected chi connectivity index (χ2v) is 8.94. The van der Waals surface area contributed by atoms with Crippen LogP contribution in [0.1, 0.15) is 43.7 Å². The smallest absolute Gasteiger partial charge is 0.407 e. The number of likely N-dealkylation sites (tertiary alicyclic amines) is 1. The third kappa shape index (κ3) is 3.69. The van der Waals surface area contributed by atoms with Crippen LogP contribution in [-0.2, 0) is 16.0 Å². The fraction of sp³-hybridized carbons (Fsp3) is 0.636. The van der Waals surface area contributed by atoms with Crippen molar-refractivity contribution in [3.63, 3.8) is 0 Å². The number of piperidine rings is 1. The minimum Gasteiger partial charge on any atom is -0.453 e. The molecule has 146 valence electrons. The van der Waals surface area contributed by atoms with Gasteiger partial charge in [-0.2, -0.15) is 0 Å². The number of carbonyl (C=O) groups is 2. The Labute approximate surface area is 161 Å². The zero-order chi connectivity index (χ0) is 19.1. The van der Waals surface area contributed by atoms with Crippen LogP contribution in [0.15, 0.2) is 24.3 Å². The second-order valence-electron chi connectivity index (χ2n) is 8.94. The Morgan fingerprint density at radius 3 is 2.56 bits per heavy atom. The summed E-state index contributed by atoms with van der Waals surface area (Å²) in [6.45, 7) is 6.31. The molecular weight excluding hydrogens is 340 g/mol. The molecule has 0 radical (unpaired) electrons. The van der Waals surface area contributed by atoms with Gasteiger partial charge in [0.05, 0.1) is 7.11 Å². The molecule has 2 aliphatic carbocycles. The minimum absolute atomic E-state index is 0.0671. The van der Waals surface area contributed by atoms with E-state index in [9.17, 15) is 9.59 Å². The zero-order valence-electron chi connectivity index (χ0n) is 16.5. The van der Waals surface area contributed by atoms with E-state index < -0.39 is 6.09 Å². The largest absolute Gasteiger partial charge is 0.453 e. The van der Waals surface area contributed by atoms with Crippen molar-refractivity contribution in [3.8, 4) is 0 Å². The average molecular weight is 370 g/mol. The Morgan fingerprint density at radius 1 is 1.22 bits per heavy atom. The molecule has 0 aromatic heterocycles. The SMILES string of the molecule is COC(=O)NC1CC(C(=O)N2C[C@@H]3C(c4cccc(CC(C)C)c4)[C@@H]3C2)C1. The number of hydrogen-bond donors (Lipinski definition) is 1. The van der Waals surface area contributed by atoms with Crippen LogP contribution in [0.25, 0.3) is 0 Å². The molecule has 2 amide bonds. The van der Waals surface area contributed by atoms with Gasteiger partial charge in [0, 0.05) is 25.0 Å². The summed E-state index contributed by atoms with van der Waals surface area (Å²) in [5.41, 5.74) is 2.89. The molecule has 4 rings (SSSR count). The number of ether oxygens (including phenoxy) is 1. The Morgan fingerprint density at radius 2 is 1.93 bits per heavy atom. The van der Waals surface area contributed by atoms with E-state index in [2.05, 4.69) is 53.1 Å². The highest BCUT2D eigenvalue weighted by Crippen LogP contribution is 2.58. The van der Waals surface area contributed by atoms with E-state index in [4.69, 9.17) is 0 Å². The third-order valence-electron chi connectivity index (χ3n) is 6.48. The highest BCUT2D eigenvalue weighted by atomic mass is 16.5. The zero-order valence-corrected chi connectivity index (χ0v) is 16.5. The molecule has 1 aromatic carbocycles. The van der Waals surface area contributed by atoms with Crippen molar-refractivity contribution >= 4 is 12.0 Å². The van der Waals surface area contributed by atoms with E-state index in [0.29, 0.717) is 23.7 Å². The number of rotatable bonds is 5. The summed E-state index contributed by atoms with van der Waals surface area (Å²) in [6, 6.07) is 9.14. The number of carbonyl (C=O) groups excluding carboxylic acids is 2. The lowest BCUT2D eigenvalue weighted by atomic mass is 9.79. The molecule has 3 atom stereocenters. The molecule has 1 aromatic rings. The Hall–Kier alpha value is -2.04. The van der Waals surface area contributed by atoms with Gasteiger partial charge in [0.15, 0.2) is 0 Å². The van der Waals surface area contributed by atoms with Gasteiger partial charge in [-0.25, -0.2) is 4.79 Å². The van der Waals surface area contributed by atoms with Gasteiger partial charge in [0.1, 0.15) is 0 Å². The van der Waals surface area contributed by atoms with Gasteiger partial charge in [-0.05, 0) is 54.1 Å². The van der Waals surface area contributed by atoms with Crippen LogP contribution in [0.2, 0.25) is 0 Å². The van der Waals surface area contributed by atoms with Crippen LogP contribution in [0.5, 0.6) is 0 Å². The highest BCUT2D eigenvalue weighted by molar-refractivity contribution is 5.81. The monoisotopic (exact) mass is 370 g/mol. The van der Waals surface area contributed by atoms with E-state index >= 15 is 0 Å². The predicted octanol–water partition coefficient (Wildman–Crippen LogP) is 3.19. The van der Waals surface area contributed by atoms with Crippen molar-refractivity contribution in [1.29, 1.82) is 0 Å². The molecular formula is C22H30N2O3. The molecule has 27 heavy (non-hydrogen) atoms. The molecule has 5 nitrogen and oxygen atoms in total. The predicted molar refractivity (Wildman–Crippen MR) is 103 cm³/mol. The Kier molecular flexibility index (Phi) is 4.87. The minimum atomic E-state index is -0.407. The molecule has 0 bridgehead atoms. The van der Waals surface area contributed by atoms with E-state index in [1.165, 1.54) is 18.2 Å². The van der Waals surface area contributed by atoms with Crippen molar-refractivity contribution in [3.05, 3.63) is 35.4 Å². The summed E-state index contributed by atoms with van der Waals surface area (Å²) in [5.74, 6) is 2.91. The van der Waals surface area contributed by atoms with Crippen LogP contribution in [0.3, 0.4) is 0 Å². The number of benzene rings is 1. The lowest BCUT2D eigenvalue weighted by Crippen LogP contribution is -2.50. The lowest BCUT2D eigenvalue weighted by molar-refractivity contribution is -0.138. The third-order valence-corrected chi connectivity index (χ3v) is 6.48. The Bertz CT molecular complexity index is 714. The molecule has 1 aliphatic heterocycles. The van der Waals surface area contributed by atoms with Gasteiger partial charge in [-0.1, -0.05) is 38.1 Å². The first-order valence-electron chi connectivity index (χ1n) is 10.2. The maximum atomic E-state index is 12.7. The molecule has 1 heterocycles. The standard InChI is InChI=1S/C22H30N2O3/c1-13(2)7-14-5-4-6-15(8-14)20-18-11-24(12-19(18)20)21(25)16-9-17(10-16)23-22(26)27-3/h4-6,8,13,16-20H,7,9-12H2,1-3H3,(H,23,26)/t16?,17?,18-,19+,20?. The van der Waals surface area contributed by atoms with E-state index in [-0.39, 0.29) is 17.9 Å². The number of nitrogens with one attached hydrogen (secondary N) is 1. The number of hydrogen-bond acceptors (Lipinski definition) is 3. The normalized spacial score (nSPS) is 31.3. The van der Waals surface area contributed by atoms with Gasteiger partial charge in [-0.3, -0.25) is 4.79 Å². The number of alkyl carbamates (subject to hydrolysis) is 1. The average Bonchev–Trinajstić information content (AvgIpc) is 3.10. The highest BCUT2D eigenvalue weighted by Gasteiger charge is 2.57. The molecule has 1 unspecified atom stereocenters. The molecule has 1 N–H and O–H groups in total. The van der Waals surface area contributed by atoms with E-state index in [1.54, 1.807) is 0 Å². The van der Waals surface area contributed by atoms with Crippen molar-refractivity contribution in [1.82, 2.24) is 10.2 Å². The van der Waals surface area contributed by atoms with Gasteiger partial charge < -0.3 is 15.0 Å². The van der Waals surface area contributed by atoms with E-state index in [1.807, 2.05) is 0 Å². The molecule has 2 saturated carbocycles. The van der Waals surface area contributed by atoms with Crippen molar-refractivity contribution < 1.29 is 14.3 Å². The maximum absolute atomic E-state index is 12.7. The van der Waals surface area contributed by atoms with Gasteiger partial charge >= 0.3 is 6.09 Å². The summed E-state index contributed by atoms with van der Waals surface area (Å²) >= 11 is 0. The van der Waals surface area contributed by atoms with Crippen molar-refractivity contribution in [2.24, 2.45) is 23.7 Å². The fourth-order valence-electron chi connectivity index (χ4n) is 5.02. The lowest BCUT2D eigenvalue weighted by Gasteiger charge is -2.37. The first-order chi connectivity index (χ1) is 13.0.